The first-order valence-corrected chi connectivity index (χ1v) is 14.4. The summed E-state index contributed by atoms with van der Waals surface area (Å²) in [5, 5.41) is 14.9. The SMILES string of the molecule is CC(=O)O.CCCCc1ccc(S(=O)(=O)N2CCN(CC3CN(c4ccc(C(=N)N)cc4)C(=O)O3)CC2)cc1. The van der Waals surface area contributed by atoms with E-state index in [1.807, 2.05) is 12.1 Å². The van der Waals surface area contributed by atoms with Crippen LogP contribution in [0.1, 0.15) is 37.8 Å². The topological polar surface area (TPSA) is 157 Å². The standard InChI is InChI=1S/C25H33N5O4S.C2H4O2/c1-2-3-4-19-5-11-23(12-6-19)35(32,33)29-15-13-28(14-16-29)17-22-18-30(25(31)34-22)21-9-7-20(8-10-21)24(26)27;1-2(3)4/h5-12,22H,2-4,13-18H2,1H3,(H3,26,27);1H3,(H,3,4). The van der Waals surface area contributed by atoms with Crippen LogP contribution in [0.2, 0.25) is 0 Å². The summed E-state index contributed by atoms with van der Waals surface area (Å²) in [4.78, 5) is 25.4. The van der Waals surface area contributed by atoms with E-state index in [2.05, 4.69) is 11.8 Å². The highest BCUT2D eigenvalue weighted by atomic mass is 32.2. The zero-order valence-corrected chi connectivity index (χ0v) is 23.2. The number of unbranched alkanes of at least 4 members (excludes halogenated alkanes) is 1. The fraction of sp³-hybridized carbons (Fsp3) is 0.444. The molecule has 0 saturated carbocycles. The highest BCUT2D eigenvalue weighted by Gasteiger charge is 2.35. The molecule has 2 aliphatic rings. The number of sulfonamides is 1. The fourth-order valence-corrected chi connectivity index (χ4v) is 5.87. The first-order chi connectivity index (χ1) is 18.5. The third-order valence-electron chi connectivity index (χ3n) is 6.54. The highest BCUT2D eigenvalue weighted by molar-refractivity contribution is 7.89. The molecule has 4 N–H and O–H groups in total. The second kappa shape index (κ2) is 13.5. The lowest BCUT2D eigenvalue weighted by Gasteiger charge is -2.34. The Bertz CT molecular complexity index is 1240. The molecule has 11 nitrogen and oxygen atoms in total. The van der Waals surface area contributed by atoms with Crippen molar-refractivity contribution in [2.24, 2.45) is 5.73 Å². The van der Waals surface area contributed by atoms with Crippen molar-refractivity contribution in [3.63, 3.8) is 0 Å². The van der Waals surface area contributed by atoms with Crippen LogP contribution < -0.4 is 10.6 Å². The molecule has 2 heterocycles. The molecule has 2 fully saturated rings. The fourth-order valence-electron chi connectivity index (χ4n) is 4.45. The molecular weight excluding hydrogens is 522 g/mol. The van der Waals surface area contributed by atoms with Gasteiger partial charge in [0.2, 0.25) is 10.0 Å². The van der Waals surface area contributed by atoms with E-state index in [4.69, 9.17) is 25.8 Å². The van der Waals surface area contributed by atoms with Gasteiger partial charge in [-0.15, -0.1) is 0 Å². The predicted molar refractivity (Wildman–Crippen MR) is 149 cm³/mol. The van der Waals surface area contributed by atoms with Gasteiger partial charge in [-0.05, 0) is 54.8 Å². The number of cyclic esters (lactones) is 1. The average Bonchev–Trinajstić information content (AvgIpc) is 3.27. The number of amides is 1. The monoisotopic (exact) mass is 559 g/mol. The summed E-state index contributed by atoms with van der Waals surface area (Å²) in [6.07, 6.45) is 2.45. The summed E-state index contributed by atoms with van der Waals surface area (Å²) in [7, 11) is -3.52. The molecule has 0 radical (unpaired) electrons. The number of nitrogens with two attached hydrogens (primary N) is 1. The van der Waals surface area contributed by atoms with Crippen LogP contribution in [0, 0.1) is 5.41 Å². The van der Waals surface area contributed by atoms with E-state index < -0.39 is 22.1 Å². The Morgan fingerprint density at radius 1 is 1.08 bits per heavy atom. The number of aryl methyl sites for hydroxylation is 1. The summed E-state index contributed by atoms with van der Waals surface area (Å²) in [5.41, 5.74) is 7.94. The van der Waals surface area contributed by atoms with Crippen LogP contribution in [0.25, 0.3) is 0 Å². The van der Waals surface area contributed by atoms with Crippen LogP contribution in [0.4, 0.5) is 10.5 Å². The minimum atomic E-state index is -3.52. The molecule has 1 unspecified atom stereocenters. The summed E-state index contributed by atoms with van der Waals surface area (Å²) < 4.78 is 33.3. The molecule has 2 aliphatic heterocycles. The van der Waals surface area contributed by atoms with Crippen molar-refractivity contribution in [3.8, 4) is 0 Å². The number of rotatable bonds is 9. The van der Waals surface area contributed by atoms with E-state index in [1.165, 1.54) is 4.31 Å². The normalized spacial score (nSPS) is 18.3. The maximum atomic E-state index is 13.1. The molecule has 39 heavy (non-hydrogen) atoms. The number of carbonyl (C=O) groups excluding carboxylic acids is 1. The molecule has 0 bridgehead atoms. The largest absolute Gasteiger partial charge is 0.481 e. The van der Waals surface area contributed by atoms with Gasteiger partial charge in [0.25, 0.3) is 5.97 Å². The number of carboxylic acid groups (broad SMARTS) is 1. The average molecular weight is 560 g/mol. The number of benzene rings is 2. The van der Waals surface area contributed by atoms with Gasteiger partial charge in [-0.3, -0.25) is 20.0 Å². The van der Waals surface area contributed by atoms with Gasteiger partial charge in [0.05, 0.1) is 11.4 Å². The van der Waals surface area contributed by atoms with Gasteiger partial charge in [-0.2, -0.15) is 4.31 Å². The molecule has 0 aliphatic carbocycles. The zero-order chi connectivity index (χ0) is 28.6. The number of aliphatic carboxylic acids is 1. The van der Waals surface area contributed by atoms with Crippen molar-refractivity contribution >= 4 is 33.6 Å². The Labute approximate surface area is 229 Å². The number of hydrogen-bond donors (Lipinski definition) is 3. The second-order valence-corrected chi connectivity index (χ2v) is 11.5. The van der Waals surface area contributed by atoms with Gasteiger partial charge in [0.15, 0.2) is 0 Å². The van der Waals surface area contributed by atoms with E-state index in [9.17, 15) is 13.2 Å². The molecule has 1 amide bonds. The lowest BCUT2D eigenvalue weighted by molar-refractivity contribution is -0.134. The smallest absolute Gasteiger partial charge is 0.414 e. The van der Waals surface area contributed by atoms with Crippen molar-refractivity contribution in [1.82, 2.24) is 9.21 Å². The Morgan fingerprint density at radius 2 is 1.67 bits per heavy atom. The number of amidine groups is 1. The van der Waals surface area contributed by atoms with Crippen molar-refractivity contribution in [3.05, 3.63) is 59.7 Å². The number of carboxylic acids is 1. The van der Waals surface area contributed by atoms with E-state index in [1.54, 1.807) is 41.3 Å². The maximum Gasteiger partial charge on any atom is 0.414 e. The summed E-state index contributed by atoms with van der Waals surface area (Å²) in [5.74, 6) is -0.858. The predicted octanol–water partition coefficient (Wildman–Crippen LogP) is 2.74. The molecule has 1 atom stereocenters. The maximum absolute atomic E-state index is 13.1. The minimum Gasteiger partial charge on any atom is -0.481 e. The molecule has 2 aromatic rings. The summed E-state index contributed by atoms with van der Waals surface area (Å²) in [6.45, 7) is 6.15. The van der Waals surface area contributed by atoms with Crippen LogP contribution in [0.5, 0.6) is 0 Å². The van der Waals surface area contributed by atoms with Gasteiger partial charge < -0.3 is 15.6 Å². The van der Waals surface area contributed by atoms with Crippen LogP contribution in [0.15, 0.2) is 53.4 Å². The third kappa shape index (κ3) is 8.25. The quantitative estimate of drug-likeness (QED) is 0.313. The van der Waals surface area contributed by atoms with Crippen LogP contribution >= 0.6 is 0 Å². The van der Waals surface area contributed by atoms with Crippen molar-refractivity contribution < 1.29 is 27.9 Å². The number of ether oxygens (including phenoxy) is 1. The first kappa shape index (κ1) is 30.1. The molecule has 4 rings (SSSR count). The van der Waals surface area contributed by atoms with Crippen LogP contribution in [-0.2, 0) is 26.0 Å². The Balaban J connectivity index is 0.000000983. The molecule has 12 heteroatoms. The van der Waals surface area contributed by atoms with E-state index in [0.717, 1.165) is 31.7 Å². The lowest BCUT2D eigenvalue weighted by atomic mass is 10.1. The molecule has 2 aromatic carbocycles. The summed E-state index contributed by atoms with van der Waals surface area (Å²) in [6, 6.07) is 14.2. The minimum absolute atomic E-state index is 0.0245. The summed E-state index contributed by atoms with van der Waals surface area (Å²) >= 11 is 0. The van der Waals surface area contributed by atoms with Gasteiger partial charge >= 0.3 is 6.09 Å². The van der Waals surface area contributed by atoms with Gasteiger partial charge in [-0.1, -0.05) is 25.5 Å². The number of nitrogens with one attached hydrogen (secondary N) is 1. The number of nitrogen functional groups attached to an aromatic ring is 1. The number of anilines is 1. The van der Waals surface area contributed by atoms with Crippen molar-refractivity contribution in [2.75, 3.05) is 44.2 Å². The van der Waals surface area contributed by atoms with Gasteiger partial charge in [0, 0.05) is 50.9 Å². The Kier molecular flexibility index (Phi) is 10.4. The molecule has 0 aromatic heterocycles. The lowest BCUT2D eigenvalue weighted by Crippen LogP contribution is -2.50. The Hall–Kier alpha value is -3.48. The van der Waals surface area contributed by atoms with Crippen LogP contribution in [0.3, 0.4) is 0 Å². The second-order valence-electron chi connectivity index (χ2n) is 9.55. The van der Waals surface area contributed by atoms with Crippen LogP contribution in [-0.4, -0.2) is 86.0 Å². The van der Waals surface area contributed by atoms with Gasteiger partial charge in [-0.25, -0.2) is 13.2 Å². The first-order valence-electron chi connectivity index (χ1n) is 12.9. The third-order valence-corrected chi connectivity index (χ3v) is 8.45. The van der Waals surface area contributed by atoms with Gasteiger partial charge in [0.1, 0.15) is 11.9 Å². The van der Waals surface area contributed by atoms with E-state index >= 15 is 0 Å². The van der Waals surface area contributed by atoms with Crippen molar-refractivity contribution in [2.45, 2.75) is 44.1 Å². The number of piperazine rings is 1. The van der Waals surface area contributed by atoms with E-state index in [0.29, 0.717) is 55.4 Å². The molecule has 2 saturated heterocycles. The number of nitrogens with zero attached hydrogens (tertiary/aromatic N) is 3. The zero-order valence-electron chi connectivity index (χ0n) is 22.4. The number of hydrogen-bond acceptors (Lipinski definition) is 7. The highest BCUT2D eigenvalue weighted by Crippen LogP contribution is 2.24. The van der Waals surface area contributed by atoms with E-state index in [-0.39, 0.29) is 11.9 Å². The molecule has 0 spiro atoms. The van der Waals surface area contributed by atoms with Crippen molar-refractivity contribution in [1.29, 1.82) is 5.41 Å². The molecule has 212 valence electrons. The molecular formula is C27H37N5O6S. The Morgan fingerprint density at radius 3 is 2.21 bits per heavy atom. The number of carbonyl (C=O) groups is 2.